The summed E-state index contributed by atoms with van der Waals surface area (Å²) >= 11 is 0. The molecule has 2 N–H and O–H groups in total. The Labute approximate surface area is 78.9 Å². The van der Waals surface area contributed by atoms with E-state index in [1.54, 1.807) is 7.05 Å². The van der Waals surface area contributed by atoms with Crippen LogP contribution in [0.4, 0.5) is 4.79 Å². The van der Waals surface area contributed by atoms with Crippen molar-refractivity contribution in [2.45, 2.75) is 19.3 Å². The summed E-state index contributed by atoms with van der Waals surface area (Å²) in [7, 11) is 1.65. The maximum absolute atomic E-state index is 11.3. The minimum Gasteiger partial charge on any atom is -0.396 e. The summed E-state index contributed by atoms with van der Waals surface area (Å²) in [6, 6.07) is -0.00131. The zero-order valence-electron chi connectivity index (χ0n) is 8.12. The van der Waals surface area contributed by atoms with E-state index >= 15 is 0 Å². The van der Waals surface area contributed by atoms with Crippen molar-refractivity contribution in [3.63, 3.8) is 0 Å². The van der Waals surface area contributed by atoms with Crippen molar-refractivity contribution in [3.8, 4) is 0 Å². The molecule has 1 unspecified atom stereocenters. The second kappa shape index (κ2) is 5.07. The van der Waals surface area contributed by atoms with Gasteiger partial charge in [0, 0.05) is 26.7 Å². The highest BCUT2D eigenvalue weighted by molar-refractivity contribution is 5.73. The van der Waals surface area contributed by atoms with E-state index in [1.165, 1.54) is 0 Å². The van der Waals surface area contributed by atoms with E-state index < -0.39 is 0 Å². The Morgan fingerprint density at radius 2 is 2.31 bits per heavy atom. The maximum atomic E-state index is 11.3. The molecule has 1 saturated heterocycles. The van der Waals surface area contributed by atoms with Crippen LogP contribution in [0.5, 0.6) is 0 Å². The van der Waals surface area contributed by atoms with Gasteiger partial charge in [-0.15, -0.1) is 0 Å². The minimum absolute atomic E-state index is 0.00131. The van der Waals surface area contributed by atoms with Crippen LogP contribution in [-0.4, -0.2) is 42.8 Å². The average Bonchev–Trinajstić information content (AvgIpc) is 2.41. The number of likely N-dealkylation sites (tertiary alicyclic amines) is 1. The molecule has 0 spiro atoms. The van der Waals surface area contributed by atoms with Gasteiger partial charge in [-0.1, -0.05) is 0 Å². The van der Waals surface area contributed by atoms with Crippen LogP contribution in [0.3, 0.4) is 0 Å². The summed E-state index contributed by atoms with van der Waals surface area (Å²) in [5.41, 5.74) is 0. The van der Waals surface area contributed by atoms with Gasteiger partial charge in [0.2, 0.25) is 0 Å². The van der Waals surface area contributed by atoms with Gasteiger partial charge in [-0.3, -0.25) is 0 Å². The third-order valence-corrected chi connectivity index (χ3v) is 2.61. The third-order valence-electron chi connectivity index (χ3n) is 2.61. The molecule has 0 aromatic rings. The summed E-state index contributed by atoms with van der Waals surface area (Å²) in [6.07, 6.45) is 2.95. The fourth-order valence-corrected chi connectivity index (χ4v) is 1.71. The Kier molecular flexibility index (Phi) is 4.02. The number of nitrogens with one attached hydrogen (secondary N) is 1. The zero-order valence-corrected chi connectivity index (χ0v) is 8.12. The molecule has 0 aromatic heterocycles. The molecule has 1 fully saturated rings. The first-order valence-corrected chi connectivity index (χ1v) is 4.85. The van der Waals surface area contributed by atoms with Crippen LogP contribution in [0.25, 0.3) is 0 Å². The highest BCUT2D eigenvalue weighted by Gasteiger charge is 2.18. The largest absolute Gasteiger partial charge is 0.396 e. The first-order valence-electron chi connectivity index (χ1n) is 4.85. The van der Waals surface area contributed by atoms with Gasteiger partial charge in [-0.05, 0) is 25.2 Å². The number of amides is 2. The van der Waals surface area contributed by atoms with E-state index in [1.807, 2.05) is 4.90 Å². The van der Waals surface area contributed by atoms with Crippen molar-refractivity contribution in [2.75, 3.05) is 26.7 Å². The van der Waals surface area contributed by atoms with Crippen LogP contribution < -0.4 is 5.32 Å². The van der Waals surface area contributed by atoms with Crippen LogP contribution in [0, 0.1) is 5.92 Å². The molecule has 2 amide bonds. The molecule has 1 aliphatic heterocycles. The van der Waals surface area contributed by atoms with E-state index in [0.717, 1.165) is 32.4 Å². The van der Waals surface area contributed by atoms with Crippen LogP contribution in [-0.2, 0) is 0 Å². The van der Waals surface area contributed by atoms with Gasteiger partial charge in [0.25, 0.3) is 0 Å². The number of hydrogen-bond donors (Lipinski definition) is 2. The molecule has 0 aliphatic carbocycles. The molecule has 1 heterocycles. The van der Waals surface area contributed by atoms with Crippen LogP contribution in [0.1, 0.15) is 19.3 Å². The van der Waals surface area contributed by atoms with Crippen LogP contribution in [0.2, 0.25) is 0 Å². The molecule has 13 heavy (non-hydrogen) atoms. The Morgan fingerprint density at radius 1 is 1.54 bits per heavy atom. The minimum atomic E-state index is -0.00131. The number of rotatable bonds is 1. The van der Waals surface area contributed by atoms with Crippen LogP contribution in [0.15, 0.2) is 0 Å². The Balaban J connectivity index is 2.40. The smallest absolute Gasteiger partial charge is 0.317 e. The molecule has 0 aromatic carbocycles. The fourth-order valence-electron chi connectivity index (χ4n) is 1.71. The quantitative estimate of drug-likeness (QED) is 0.623. The van der Waals surface area contributed by atoms with E-state index in [-0.39, 0.29) is 12.6 Å². The number of aliphatic hydroxyl groups is 1. The lowest BCUT2D eigenvalue weighted by atomic mass is 10.0. The van der Waals surface area contributed by atoms with Crippen molar-refractivity contribution >= 4 is 6.03 Å². The van der Waals surface area contributed by atoms with Gasteiger partial charge in [0.15, 0.2) is 0 Å². The molecule has 4 heteroatoms. The summed E-state index contributed by atoms with van der Waals surface area (Å²) < 4.78 is 0. The van der Waals surface area contributed by atoms with E-state index in [9.17, 15) is 4.79 Å². The van der Waals surface area contributed by atoms with Crippen molar-refractivity contribution in [2.24, 2.45) is 5.92 Å². The lowest BCUT2D eigenvalue weighted by Gasteiger charge is -2.19. The second-order valence-electron chi connectivity index (χ2n) is 3.52. The number of carbonyl (C=O) groups excluding carboxylic acids is 1. The van der Waals surface area contributed by atoms with Gasteiger partial charge in [-0.25, -0.2) is 4.79 Å². The lowest BCUT2D eigenvalue weighted by molar-refractivity contribution is 0.194. The number of nitrogens with zero attached hydrogens (tertiary/aromatic N) is 1. The van der Waals surface area contributed by atoms with Crippen LogP contribution >= 0.6 is 0 Å². The lowest BCUT2D eigenvalue weighted by Crippen LogP contribution is -2.38. The molecule has 1 rings (SSSR count). The highest BCUT2D eigenvalue weighted by Crippen LogP contribution is 2.16. The van der Waals surface area contributed by atoms with Crippen molar-refractivity contribution in [3.05, 3.63) is 0 Å². The van der Waals surface area contributed by atoms with E-state index in [2.05, 4.69) is 5.32 Å². The van der Waals surface area contributed by atoms with Gasteiger partial charge in [-0.2, -0.15) is 0 Å². The van der Waals surface area contributed by atoms with Gasteiger partial charge in [0.05, 0.1) is 0 Å². The van der Waals surface area contributed by atoms with Crippen molar-refractivity contribution < 1.29 is 9.90 Å². The second-order valence-corrected chi connectivity index (χ2v) is 3.52. The number of carbonyl (C=O) groups is 1. The molecule has 0 radical (unpaired) electrons. The zero-order chi connectivity index (χ0) is 9.68. The summed E-state index contributed by atoms with van der Waals surface area (Å²) in [5.74, 6) is 0.384. The monoisotopic (exact) mass is 186 g/mol. The summed E-state index contributed by atoms with van der Waals surface area (Å²) in [6.45, 7) is 1.84. The first-order chi connectivity index (χ1) is 6.27. The summed E-state index contributed by atoms with van der Waals surface area (Å²) in [5, 5.41) is 11.6. The highest BCUT2D eigenvalue weighted by atomic mass is 16.3. The topological polar surface area (TPSA) is 52.6 Å². The Hall–Kier alpha value is -0.770. The third kappa shape index (κ3) is 2.88. The van der Waals surface area contributed by atoms with Crippen molar-refractivity contribution in [1.29, 1.82) is 0 Å². The molecule has 76 valence electrons. The van der Waals surface area contributed by atoms with Gasteiger partial charge in [0.1, 0.15) is 0 Å². The average molecular weight is 186 g/mol. The Morgan fingerprint density at radius 3 is 2.92 bits per heavy atom. The normalized spacial score (nSPS) is 23.8. The number of urea groups is 1. The number of hydrogen-bond acceptors (Lipinski definition) is 2. The predicted molar refractivity (Wildman–Crippen MR) is 50.5 cm³/mol. The maximum Gasteiger partial charge on any atom is 0.317 e. The standard InChI is InChI=1S/C9H18N2O2/c1-10-9(13)11-5-2-3-8(7-12)4-6-11/h8,12H,2-7H2,1H3,(H,10,13). The van der Waals surface area contributed by atoms with Crippen molar-refractivity contribution in [1.82, 2.24) is 10.2 Å². The fraction of sp³-hybridized carbons (Fsp3) is 0.889. The van der Waals surface area contributed by atoms with Gasteiger partial charge < -0.3 is 15.3 Å². The van der Waals surface area contributed by atoms with E-state index in [4.69, 9.17) is 5.11 Å². The molecule has 0 saturated carbocycles. The Bertz CT molecular complexity index is 173. The summed E-state index contributed by atoms with van der Waals surface area (Å²) in [4.78, 5) is 13.1. The van der Waals surface area contributed by atoms with E-state index in [0.29, 0.717) is 5.92 Å². The molecule has 4 nitrogen and oxygen atoms in total. The first kappa shape index (κ1) is 10.3. The number of aliphatic hydroxyl groups excluding tert-OH is 1. The molecule has 1 aliphatic rings. The molecule has 1 atom stereocenters. The van der Waals surface area contributed by atoms with Gasteiger partial charge >= 0.3 is 6.03 Å². The molecular formula is C9H18N2O2. The molecule has 0 bridgehead atoms. The predicted octanol–water partition coefficient (Wildman–Crippen LogP) is 0.420. The molecular weight excluding hydrogens is 168 g/mol. The SMILES string of the molecule is CNC(=O)N1CCCC(CO)CC1.